The molecule has 3 heteroatoms. The number of rotatable bonds is 2. The van der Waals surface area contributed by atoms with Gasteiger partial charge < -0.3 is 4.74 Å². The van der Waals surface area contributed by atoms with Gasteiger partial charge in [-0.05, 0) is 44.7 Å². The summed E-state index contributed by atoms with van der Waals surface area (Å²) in [6.07, 6.45) is 5.98. The van der Waals surface area contributed by atoms with Crippen LogP contribution in [0.3, 0.4) is 0 Å². The van der Waals surface area contributed by atoms with Gasteiger partial charge in [0.05, 0.1) is 12.0 Å². The Bertz CT molecular complexity index is 530. The van der Waals surface area contributed by atoms with Crippen molar-refractivity contribution in [2.75, 3.05) is 6.61 Å². The van der Waals surface area contributed by atoms with Gasteiger partial charge in [0.25, 0.3) is 0 Å². The molecule has 1 aliphatic carbocycles. The standard InChI is InChI=1S/C14H18N2O/c1-2-17-12-8-6-7-11-13(12)16-14(15-11)9-4-3-5-10-14/h6-8H,2-5,9-10H2,1H3. The molecule has 1 saturated carbocycles. The zero-order valence-corrected chi connectivity index (χ0v) is 10.3. The highest BCUT2D eigenvalue weighted by molar-refractivity contribution is 5.23. The number of hydrogen-bond donors (Lipinski definition) is 0. The first-order chi connectivity index (χ1) is 8.33. The molecule has 0 bridgehead atoms. The van der Waals surface area contributed by atoms with E-state index in [1.54, 1.807) is 0 Å². The Hall–Kier alpha value is -1.38. The summed E-state index contributed by atoms with van der Waals surface area (Å²) in [7, 11) is 0. The van der Waals surface area contributed by atoms with Crippen molar-refractivity contribution in [1.29, 1.82) is 0 Å². The van der Waals surface area contributed by atoms with Gasteiger partial charge in [-0.3, -0.25) is 4.99 Å². The normalized spacial score (nSPS) is 20.5. The molecule has 17 heavy (non-hydrogen) atoms. The van der Waals surface area contributed by atoms with E-state index in [1.807, 2.05) is 25.1 Å². The lowest BCUT2D eigenvalue weighted by molar-refractivity contribution is 0.305. The van der Waals surface area contributed by atoms with Crippen molar-refractivity contribution in [2.45, 2.75) is 44.7 Å². The Balaban J connectivity index is 2.08. The van der Waals surface area contributed by atoms with Gasteiger partial charge in [-0.1, -0.05) is 12.5 Å². The molecule has 0 N–H and O–H groups in total. The number of benzene rings is 1. The van der Waals surface area contributed by atoms with Gasteiger partial charge in [0, 0.05) is 0 Å². The van der Waals surface area contributed by atoms with Crippen LogP contribution in [0.1, 0.15) is 39.0 Å². The number of ether oxygens (including phenoxy) is 1. The zero-order valence-electron chi connectivity index (χ0n) is 10.3. The van der Waals surface area contributed by atoms with Crippen LogP contribution in [0.5, 0.6) is 5.75 Å². The van der Waals surface area contributed by atoms with Crippen LogP contribution < -0.4 is 15.5 Å². The van der Waals surface area contributed by atoms with Crippen LogP contribution in [0, 0.1) is 0 Å². The van der Waals surface area contributed by atoms with Crippen LogP contribution in [0.4, 0.5) is 0 Å². The lowest BCUT2D eigenvalue weighted by Gasteiger charge is -2.27. The predicted octanol–water partition coefficient (Wildman–Crippen LogP) is 2.00. The van der Waals surface area contributed by atoms with Crippen molar-refractivity contribution in [3.8, 4) is 5.75 Å². The van der Waals surface area contributed by atoms with Crippen LogP contribution in [0.2, 0.25) is 0 Å². The summed E-state index contributed by atoms with van der Waals surface area (Å²) < 4.78 is 5.63. The topological polar surface area (TPSA) is 34.0 Å². The highest BCUT2D eigenvalue weighted by Crippen LogP contribution is 2.33. The van der Waals surface area contributed by atoms with Crippen molar-refractivity contribution in [1.82, 2.24) is 0 Å². The van der Waals surface area contributed by atoms with Crippen molar-refractivity contribution in [3.05, 3.63) is 28.9 Å². The fourth-order valence-corrected chi connectivity index (χ4v) is 2.78. The van der Waals surface area contributed by atoms with E-state index in [2.05, 4.69) is 0 Å². The predicted molar refractivity (Wildman–Crippen MR) is 65.7 cm³/mol. The Kier molecular flexibility index (Phi) is 2.61. The molecule has 1 aromatic carbocycles. The van der Waals surface area contributed by atoms with Gasteiger partial charge in [-0.2, -0.15) is 0 Å². The van der Waals surface area contributed by atoms with Crippen molar-refractivity contribution in [3.63, 3.8) is 0 Å². The molecule has 3 rings (SSSR count). The first-order valence-corrected chi connectivity index (χ1v) is 6.55. The van der Waals surface area contributed by atoms with Gasteiger partial charge in [-0.25, -0.2) is 4.99 Å². The minimum atomic E-state index is -0.159. The summed E-state index contributed by atoms with van der Waals surface area (Å²) in [6.45, 7) is 2.68. The van der Waals surface area contributed by atoms with Gasteiger partial charge in [0.15, 0.2) is 5.66 Å². The van der Waals surface area contributed by atoms with Crippen molar-refractivity contribution >= 4 is 0 Å². The quantitative estimate of drug-likeness (QED) is 0.765. The molecule has 0 saturated heterocycles. The maximum absolute atomic E-state index is 5.63. The van der Waals surface area contributed by atoms with Crippen molar-refractivity contribution < 1.29 is 4.74 Å². The van der Waals surface area contributed by atoms with Gasteiger partial charge >= 0.3 is 0 Å². The summed E-state index contributed by atoms with van der Waals surface area (Å²) >= 11 is 0. The SMILES string of the molecule is CCOc1cccc2c1=NC1(CCCCC1)N=2. The van der Waals surface area contributed by atoms with E-state index in [4.69, 9.17) is 14.7 Å². The summed E-state index contributed by atoms with van der Waals surface area (Å²) in [6, 6.07) is 6.04. The molecule has 0 amide bonds. The van der Waals surface area contributed by atoms with E-state index in [1.165, 1.54) is 19.3 Å². The van der Waals surface area contributed by atoms with E-state index in [0.29, 0.717) is 6.61 Å². The molecule has 0 radical (unpaired) electrons. The molecule has 1 spiro atoms. The third-order valence-corrected chi connectivity index (χ3v) is 3.58. The average molecular weight is 230 g/mol. The Labute approximate surface area is 101 Å². The third-order valence-electron chi connectivity index (χ3n) is 3.58. The molecular weight excluding hydrogens is 212 g/mol. The minimum Gasteiger partial charge on any atom is -0.492 e. The van der Waals surface area contributed by atoms with E-state index in [-0.39, 0.29) is 5.66 Å². The Morgan fingerprint density at radius 1 is 1.18 bits per heavy atom. The lowest BCUT2D eigenvalue weighted by atomic mass is 9.90. The monoisotopic (exact) mass is 230 g/mol. The Morgan fingerprint density at radius 2 is 2.00 bits per heavy atom. The Morgan fingerprint density at radius 3 is 2.76 bits per heavy atom. The molecule has 1 fully saturated rings. The van der Waals surface area contributed by atoms with Gasteiger partial charge in [0.1, 0.15) is 11.1 Å². The summed E-state index contributed by atoms with van der Waals surface area (Å²) in [4.78, 5) is 9.71. The molecule has 0 unspecified atom stereocenters. The van der Waals surface area contributed by atoms with Crippen LogP contribution >= 0.6 is 0 Å². The number of para-hydroxylation sites is 1. The number of fused-ring (bicyclic) bond motifs is 1. The molecule has 2 aliphatic rings. The lowest BCUT2D eigenvalue weighted by Crippen LogP contribution is -2.26. The van der Waals surface area contributed by atoms with Crippen molar-refractivity contribution in [2.24, 2.45) is 9.98 Å². The summed E-state index contributed by atoms with van der Waals surface area (Å²) in [5.74, 6) is 0.885. The van der Waals surface area contributed by atoms with Crippen LogP contribution in [-0.4, -0.2) is 12.3 Å². The smallest absolute Gasteiger partial charge is 0.151 e. The molecular formula is C14H18N2O. The van der Waals surface area contributed by atoms with Crippen LogP contribution in [0.15, 0.2) is 28.2 Å². The molecule has 3 nitrogen and oxygen atoms in total. The second-order valence-corrected chi connectivity index (χ2v) is 4.82. The highest BCUT2D eigenvalue weighted by atomic mass is 16.5. The third kappa shape index (κ3) is 1.84. The highest BCUT2D eigenvalue weighted by Gasteiger charge is 2.33. The largest absolute Gasteiger partial charge is 0.492 e. The van der Waals surface area contributed by atoms with Crippen LogP contribution in [-0.2, 0) is 0 Å². The fourth-order valence-electron chi connectivity index (χ4n) is 2.78. The first kappa shape index (κ1) is 10.8. The number of nitrogens with zero attached hydrogens (tertiary/aromatic N) is 2. The summed E-state index contributed by atoms with van der Waals surface area (Å²) in [5.41, 5.74) is -0.159. The van der Waals surface area contributed by atoms with E-state index >= 15 is 0 Å². The van der Waals surface area contributed by atoms with Gasteiger partial charge in [0.2, 0.25) is 0 Å². The molecule has 1 heterocycles. The molecule has 1 aromatic rings. The maximum Gasteiger partial charge on any atom is 0.151 e. The summed E-state index contributed by atoms with van der Waals surface area (Å²) in [5, 5.41) is 1.98. The molecule has 0 atom stereocenters. The van der Waals surface area contributed by atoms with E-state index < -0.39 is 0 Å². The van der Waals surface area contributed by atoms with Crippen LogP contribution in [0.25, 0.3) is 0 Å². The second-order valence-electron chi connectivity index (χ2n) is 4.82. The zero-order chi connectivity index (χ0) is 11.7. The first-order valence-electron chi connectivity index (χ1n) is 6.55. The minimum absolute atomic E-state index is 0.159. The van der Waals surface area contributed by atoms with E-state index in [0.717, 1.165) is 29.3 Å². The second kappa shape index (κ2) is 4.13. The molecule has 0 aromatic heterocycles. The van der Waals surface area contributed by atoms with Gasteiger partial charge in [-0.15, -0.1) is 0 Å². The maximum atomic E-state index is 5.63. The average Bonchev–Trinajstić information content (AvgIpc) is 2.69. The molecule has 1 aliphatic heterocycles. The van der Waals surface area contributed by atoms with E-state index in [9.17, 15) is 0 Å². The fraction of sp³-hybridized carbons (Fsp3) is 0.571. The molecule has 90 valence electrons. The number of hydrogen-bond acceptors (Lipinski definition) is 3.